The van der Waals surface area contributed by atoms with Crippen LogP contribution in [0, 0.1) is 6.92 Å². The number of sulfonamides is 1. The Morgan fingerprint density at radius 3 is 2.67 bits per heavy atom. The smallest absolute Gasteiger partial charge is 0.241 e. The fourth-order valence-corrected chi connectivity index (χ4v) is 4.07. The van der Waals surface area contributed by atoms with Crippen LogP contribution in [0.15, 0.2) is 17.0 Å². The van der Waals surface area contributed by atoms with Crippen molar-refractivity contribution in [3.8, 4) is 0 Å². The highest BCUT2D eigenvalue weighted by molar-refractivity contribution is 7.89. The second-order valence-electron chi connectivity index (χ2n) is 5.86. The van der Waals surface area contributed by atoms with Crippen LogP contribution in [0.4, 0.5) is 5.69 Å². The van der Waals surface area contributed by atoms with E-state index < -0.39 is 21.5 Å². The summed E-state index contributed by atoms with van der Waals surface area (Å²) >= 11 is 0. The molecule has 0 fully saturated rings. The summed E-state index contributed by atoms with van der Waals surface area (Å²) in [5, 5.41) is 3.25. The van der Waals surface area contributed by atoms with E-state index in [0.29, 0.717) is 6.42 Å². The number of carbonyl (C=O) groups excluding carboxylic acids is 1. The third kappa shape index (κ3) is 3.03. The van der Waals surface area contributed by atoms with E-state index in [1.807, 2.05) is 6.92 Å². The van der Waals surface area contributed by atoms with E-state index >= 15 is 0 Å². The van der Waals surface area contributed by atoms with Gasteiger partial charge in [0.25, 0.3) is 0 Å². The van der Waals surface area contributed by atoms with Crippen LogP contribution in [0.1, 0.15) is 31.4 Å². The van der Waals surface area contributed by atoms with Gasteiger partial charge in [0.2, 0.25) is 15.9 Å². The van der Waals surface area contributed by atoms with Gasteiger partial charge in [-0.15, -0.1) is 0 Å². The third-order valence-electron chi connectivity index (χ3n) is 3.68. The number of fused-ring (bicyclic) bond motifs is 1. The van der Waals surface area contributed by atoms with Gasteiger partial charge in [0, 0.05) is 12.2 Å². The highest BCUT2D eigenvalue weighted by Gasteiger charge is 2.33. The number of nitrogens with two attached hydrogens (primary N) is 1. The highest BCUT2D eigenvalue weighted by atomic mass is 32.2. The standard InChI is InChI=1S/C14H21N3O3S/c1-9-6-7-11(10-5-4-8-16-12(9)10)21(19,20)17-14(2,3)13(15)18/h6-7,16-17H,4-5,8H2,1-3H3,(H2,15,18). The number of rotatable bonds is 4. The molecule has 0 aliphatic carbocycles. The molecule has 4 N–H and O–H groups in total. The summed E-state index contributed by atoms with van der Waals surface area (Å²) in [6.07, 6.45) is 1.56. The third-order valence-corrected chi connectivity index (χ3v) is 5.42. The number of anilines is 1. The van der Waals surface area contributed by atoms with Crippen molar-refractivity contribution >= 4 is 21.6 Å². The largest absolute Gasteiger partial charge is 0.385 e. The number of amides is 1. The molecule has 0 atom stereocenters. The maximum Gasteiger partial charge on any atom is 0.241 e. The van der Waals surface area contributed by atoms with Crippen LogP contribution in [0.5, 0.6) is 0 Å². The minimum Gasteiger partial charge on any atom is -0.385 e. The molecular formula is C14H21N3O3S. The Balaban J connectivity index is 2.49. The first-order valence-corrected chi connectivity index (χ1v) is 8.34. The zero-order valence-electron chi connectivity index (χ0n) is 12.5. The van der Waals surface area contributed by atoms with Crippen LogP contribution in [-0.2, 0) is 21.2 Å². The zero-order chi connectivity index (χ0) is 15.8. The summed E-state index contributed by atoms with van der Waals surface area (Å²) in [7, 11) is -3.81. The van der Waals surface area contributed by atoms with Gasteiger partial charge in [0.1, 0.15) is 5.54 Å². The molecule has 6 nitrogen and oxygen atoms in total. The van der Waals surface area contributed by atoms with Crippen molar-refractivity contribution in [2.24, 2.45) is 5.73 Å². The van der Waals surface area contributed by atoms with Crippen LogP contribution in [-0.4, -0.2) is 26.4 Å². The molecule has 0 unspecified atom stereocenters. The summed E-state index contributed by atoms with van der Waals surface area (Å²) in [6, 6.07) is 3.35. The van der Waals surface area contributed by atoms with Gasteiger partial charge in [-0.3, -0.25) is 4.79 Å². The number of hydrogen-bond acceptors (Lipinski definition) is 4. The molecule has 1 aliphatic rings. The zero-order valence-corrected chi connectivity index (χ0v) is 13.3. The van der Waals surface area contributed by atoms with E-state index in [9.17, 15) is 13.2 Å². The molecular weight excluding hydrogens is 290 g/mol. The van der Waals surface area contributed by atoms with E-state index in [1.54, 1.807) is 12.1 Å². The highest BCUT2D eigenvalue weighted by Crippen LogP contribution is 2.31. The van der Waals surface area contributed by atoms with Crippen LogP contribution >= 0.6 is 0 Å². The fraction of sp³-hybridized carbons (Fsp3) is 0.500. The molecule has 0 saturated carbocycles. The first-order valence-electron chi connectivity index (χ1n) is 6.85. The van der Waals surface area contributed by atoms with Crippen LogP contribution in [0.2, 0.25) is 0 Å². The molecule has 0 spiro atoms. The van der Waals surface area contributed by atoms with Crippen molar-refractivity contribution in [1.82, 2.24) is 4.72 Å². The summed E-state index contributed by atoms with van der Waals surface area (Å²) in [6.45, 7) is 5.67. The van der Waals surface area contributed by atoms with E-state index in [4.69, 9.17) is 5.73 Å². The van der Waals surface area contributed by atoms with Crippen LogP contribution < -0.4 is 15.8 Å². The molecule has 116 valence electrons. The molecule has 1 aliphatic heterocycles. The summed E-state index contributed by atoms with van der Waals surface area (Å²) < 4.78 is 27.6. The molecule has 1 amide bonds. The Morgan fingerprint density at radius 1 is 1.38 bits per heavy atom. The molecule has 1 aromatic rings. The summed E-state index contributed by atoms with van der Waals surface area (Å²) in [4.78, 5) is 11.6. The lowest BCUT2D eigenvalue weighted by molar-refractivity contribution is -0.122. The van der Waals surface area contributed by atoms with E-state index in [2.05, 4.69) is 10.0 Å². The van der Waals surface area contributed by atoms with E-state index in [0.717, 1.165) is 29.8 Å². The van der Waals surface area contributed by atoms with Gasteiger partial charge in [-0.2, -0.15) is 4.72 Å². The first-order chi connectivity index (χ1) is 9.65. The lowest BCUT2D eigenvalue weighted by atomic mass is 10.00. The maximum absolute atomic E-state index is 12.6. The number of benzene rings is 1. The van der Waals surface area contributed by atoms with Gasteiger partial charge in [0.15, 0.2) is 0 Å². The van der Waals surface area contributed by atoms with Gasteiger partial charge in [-0.1, -0.05) is 6.07 Å². The number of primary amides is 1. The van der Waals surface area contributed by atoms with Gasteiger partial charge in [-0.05, 0) is 50.8 Å². The lowest BCUT2D eigenvalue weighted by Gasteiger charge is -2.26. The van der Waals surface area contributed by atoms with Crippen molar-refractivity contribution in [1.29, 1.82) is 0 Å². The maximum atomic E-state index is 12.6. The second kappa shape index (κ2) is 5.31. The van der Waals surface area contributed by atoms with Crippen molar-refractivity contribution in [3.05, 3.63) is 23.3 Å². The molecule has 0 aromatic heterocycles. The summed E-state index contributed by atoms with van der Waals surface area (Å²) in [5.41, 5.74) is 6.56. The molecule has 0 radical (unpaired) electrons. The number of nitrogens with one attached hydrogen (secondary N) is 2. The predicted octanol–water partition coefficient (Wildman–Crippen LogP) is 0.895. The number of carbonyl (C=O) groups is 1. The lowest BCUT2D eigenvalue weighted by Crippen LogP contribution is -2.53. The average Bonchev–Trinajstić information content (AvgIpc) is 2.37. The minimum atomic E-state index is -3.81. The van der Waals surface area contributed by atoms with Gasteiger partial charge >= 0.3 is 0 Å². The van der Waals surface area contributed by atoms with Crippen LogP contribution in [0.3, 0.4) is 0 Å². The number of aryl methyl sites for hydroxylation is 1. The van der Waals surface area contributed by atoms with Crippen molar-refractivity contribution in [2.45, 2.75) is 44.0 Å². The average molecular weight is 311 g/mol. The van der Waals surface area contributed by atoms with E-state index in [1.165, 1.54) is 13.8 Å². The monoisotopic (exact) mass is 311 g/mol. The molecule has 0 saturated heterocycles. The molecule has 0 bridgehead atoms. The van der Waals surface area contributed by atoms with Crippen molar-refractivity contribution in [2.75, 3.05) is 11.9 Å². The first kappa shape index (κ1) is 15.8. The predicted molar refractivity (Wildman–Crippen MR) is 81.6 cm³/mol. The normalized spacial score (nSPS) is 15.2. The molecule has 1 aromatic carbocycles. The summed E-state index contributed by atoms with van der Waals surface area (Å²) in [5.74, 6) is -0.717. The fourth-order valence-electron chi connectivity index (χ4n) is 2.41. The Morgan fingerprint density at radius 2 is 2.05 bits per heavy atom. The Bertz CT molecular complexity index is 681. The Labute approximate surface area is 125 Å². The van der Waals surface area contributed by atoms with Gasteiger partial charge in [-0.25, -0.2) is 8.42 Å². The van der Waals surface area contributed by atoms with Crippen molar-refractivity contribution in [3.63, 3.8) is 0 Å². The SMILES string of the molecule is Cc1ccc(S(=O)(=O)NC(C)(C)C(N)=O)c2c1NCCC2. The van der Waals surface area contributed by atoms with Crippen LogP contribution in [0.25, 0.3) is 0 Å². The molecule has 7 heteroatoms. The van der Waals surface area contributed by atoms with E-state index in [-0.39, 0.29) is 4.90 Å². The number of hydrogen-bond donors (Lipinski definition) is 3. The Kier molecular flexibility index (Phi) is 3.99. The Hall–Kier alpha value is -1.60. The second-order valence-corrected chi connectivity index (χ2v) is 7.51. The molecule has 2 rings (SSSR count). The van der Waals surface area contributed by atoms with Crippen molar-refractivity contribution < 1.29 is 13.2 Å². The van der Waals surface area contributed by atoms with Gasteiger partial charge < -0.3 is 11.1 Å². The molecule has 1 heterocycles. The topological polar surface area (TPSA) is 101 Å². The molecule has 21 heavy (non-hydrogen) atoms. The minimum absolute atomic E-state index is 0.213. The quantitative estimate of drug-likeness (QED) is 0.768. The van der Waals surface area contributed by atoms with Gasteiger partial charge in [0.05, 0.1) is 4.90 Å².